The number of sulfone groups is 1. The van der Waals surface area contributed by atoms with E-state index in [1.165, 1.54) is 5.56 Å². The van der Waals surface area contributed by atoms with E-state index in [-0.39, 0.29) is 11.5 Å². The Balaban J connectivity index is 2.13. The Hall–Kier alpha value is -1.07. The predicted octanol–water partition coefficient (Wildman–Crippen LogP) is 1.81. The highest BCUT2D eigenvalue weighted by Gasteiger charge is 2.20. The van der Waals surface area contributed by atoms with Crippen LogP contribution in [-0.4, -0.2) is 39.1 Å². The molecule has 0 fully saturated rings. The smallest absolute Gasteiger partial charge is 0.152 e. The van der Waals surface area contributed by atoms with Crippen LogP contribution in [0.1, 0.15) is 25.8 Å². The molecule has 0 saturated carbocycles. The molecule has 0 radical (unpaired) electrons. The molecule has 0 spiro atoms. The number of hydrogen-bond acceptors (Lipinski definition) is 4. The number of benzene rings is 1. The van der Waals surface area contributed by atoms with Crippen LogP contribution in [0.3, 0.4) is 0 Å². The fraction of sp³-hybridized carbons (Fsp3) is 0.600. The standard InChI is InChI=1S/C15H24N2O2S/c1-3-9-20(18,19)10-8-17-12-13(2)16-11-14-6-4-5-7-15(14)17/h4-7,13,16H,3,8-12H2,1-2H3. The highest BCUT2D eigenvalue weighted by molar-refractivity contribution is 7.91. The molecular weight excluding hydrogens is 272 g/mol. The van der Waals surface area contributed by atoms with Crippen molar-refractivity contribution >= 4 is 15.5 Å². The normalized spacial score (nSPS) is 19.5. The van der Waals surface area contributed by atoms with Gasteiger partial charge in [0.05, 0.1) is 5.75 Å². The molecule has 1 heterocycles. The average Bonchev–Trinajstić information content (AvgIpc) is 2.57. The van der Waals surface area contributed by atoms with Gasteiger partial charge in [0, 0.05) is 37.1 Å². The summed E-state index contributed by atoms with van der Waals surface area (Å²) in [6, 6.07) is 8.59. The summed E-state index contributed by atoms with van der Waals surface area (Å²) in [5, 5.41) is 3.46. The number of fused-ring (bicyclic) bond motifs is 1. The van der Waals surface area contributed by atoms with Crippen LogP contribution >= 0.6 is 0 Å². The zero-order chi connectivity index (χ0) is 14.6. The summed E-state index contributed by atoms with van der Waals surface area (Å²) >= 11 is 0. The van der Waals surface area contributed by atoms with Crippen LogP contribution in [0.2, 0.25) is 0 Å². The van der Waals surface area contributed by atoms with Crippen molar-refractivity contribution in [2.45, 2.75) is 32.9 Å². The SMILES string of the molecule is CCCS(=O)(=O)CCN1CC(C)NCc2ccccc21. The van der Waals surface area contributed by atoms with Gasteiger partial charge in [0.25, 0.3) is 0 Å². The van der Waals surface area contributed by atoms with Crippen LogP contribution in [0.4, 0.5) is 5.69 Å². The van der Waals surface area contributed by atoms with Gasteiger partial charge in [-0.15, -0.1) is 0 Å². The minimum Gasteiger partial charge on any atom is -0.369 e. The van der Waals surface area contributed by atoms with Crippen molar-refractivity contribution in [3.63, 3.8) is 0 Å². The summed E-state index contributed by atoms with van der Waals surface area (Å²) in [6.45, 7) is 6.31. The van der Waals surface area contributed by atoms with Crippen LogP contribution in [0.25, 0.3) is 0 Å². The summed E-state index contributed by atoms with van der Waals surface area (Å²) in [7, 11) is -2.93. The van der Waals surface area contributed by atoms with Crippen LogP contribution in [0, 0.1) is 0 Å². The first-order valence-corrected chi connectivity index (χ1v) is 9.10. The van der Waals surface area contributed by atoms with Gasteiger partial charge < -0.3 is 10.2 Å². The number of rotatable bonds is 5. The van der Waals surface area contributed by atoms with E-state index in [0.717, 1.165) is 18.8 Å². The zero-order valence-electron chi connectivity index (χ0n) is 12.3. The number of para-hydroxylation sites is 1. The van der Waals surface area contributed by atoms with Crippen molar-refractivity contribution in [1.82, 2.24) is 5.32 Å². The summed E-state index contributed by atoms with van der Waals surface area (Å²) in [6.07, 6.45) is 0.691. The van der Waals surface area contributed by atoms with Gasteiger partial charge in [-0.25, -0.2) is 8.42 Å². The van der Waals surface area contributed by atoms with Crippen molar-refractivity contribution < 1.29 is 8.42 Å². The van der Waals surface area contributed by atoms with Crippen molar-refractivity contribution in [3.8, 4) is 0 Å². The first-order chi connectivity index (χ1) is 9.52. The number of hydrogen-bond donors (Lipinski definition) is 1. The van der Waals surface area contributed by atoms with Crippen LogP contribution in [-0.2, 0) is 16.4 Å². The molecule has 0 amide bonds. The maximum absolute atomic E-state index is 11.9. The van der Waals surface area contributed by atoms with Crippen molar-refractivity contribution in [1.29, 1.82) is 0 Å². The molecule has 1 aliphatic heterocycles. The van der Waals surface area contributed by atoms with Crippen LogP contribution in [0.15, 0.2) is 24.3 Å². The van der Waals surface area contributed by atoms with E-state index in [1.807, 2.05) is 19.1 Å². The Labute approximate surface area is 122 Å². The molecule has 1 unspecified atom stereocenters. The molecular formula is C15H24N2O2S. The van der Waals surface area contributed by atoms with Gasteiger partial charge >= 0.3 is 0 Å². The average molecular weight is 296 g/mol. The fourth-order valence-corrected chi connectivity index (χ4v) is 3.95. The molecule has 1 aromatic rings. The molecule has 1 aromatic carbocycles. The van der Waals surface area contributed by atoms with Gasteiger partial charge in [-0.05, 0) is 25.0 Å². The third kappa shape index (κ3) is 3.96. The van der Waals surface area contributed by atoms with Gasteiger partial charge in [-0.2, -0.15) is 0 Å². The molecule has 0 saturated heterocycles. The van der Waals surface area contributed by atoms with Gasteiger partial charge in [-0.1, -0.05) is 25.1 Å². The van der Waals surface area contributed by atoms with Crippen molar-refractivity contribution in [2.75, 3.05) is 29.5 Å². The molecule has 0 aliphatic carbocycles. The number of nitrogens with one attached hydrogen (secondary N) is 1. The highest BCUT2D eigenvalue weighted by Crippen LogP contribution is 2.23. The Bertz CT molecular complexity index is 543. The van der Waals surface area contributed by atoms with E-state index < -0.39 is 9.84 Å². The first kappa shape index (κ1) is 15.3. The van der Waals surface area contributed by atoms with E-state index >= 15 is 0 Å². The summed E-state index contributed by atoms with van der Waals surface area (Å²) in [5.41, 5.74) is 2.40. The topological polar surface area (TPSA) is 49.4 Å². The monoisotopic (exact) mass is 296 g/mol. The van der Waals surface area contributed by atoms with Crippen molar-refractivity contribution in [2.24, 2.45) is 0 Å². The molecule has 4 nitrogen and oxygen atoms in total. The lowest BCUT2D eigenvalue weighted by Gasteiger charge is -2.26. The molecule has 5 heteroatoms. The minimum atomic E-state index is -2.93. The third-order valence-electron chi connectivity index (χ3n) is 3.65. The molecule has 112 valence electrons. The Morgan fingerprint density at radius 3 is 2.80 bits per heavy atom. The zero-order valence-corrected chi connectivity index (χ0v) is 13.1. The lowest BCUT2D eigenvalue weighted by Crippen LogP contribution is -2.38. The number of anilines is 1. The third-order valence-corrected chi connectivity index (χ3v) is 5.49. The second kappa shape index (κ2) is 6.59. The number of nitrogens with zero attached hydrogens (tertiary/aromatic N) is 1. The molecule has 20 heavy (non-hydrogen) atoms. The highest BCUT2D eigenvalue weighted by atomic mass is 32.2. The van der Waals surface area contributed by atoms with E-state index in [4.69, 9.17) is 0 Å². The van der Waals surface area contributed by atoms with Crippen LogP contribution < -0.4 is 10.2 Å². The lowest BCUT2D eigenvalue weighted by molar-refractivity contribution is 0.553. The second-order valence-corrected chi connectivity index (χ2v) is 7.81. The molecule has 1 atom stereocenters. The fourth-order valence-electron chi connectivity index (χ4n) is 2.62. The Kier molecular flexibility index (Phi) is 5.05. The van der Waals surface area contributed by atoms with Gasteiger partial charge in [0.2, 0.25) is 0 Å². The first-order valence-electron chi connectivity index (χ1n) is 7.28. The summed E-state index contributed by atoms with van der Waals surface area (Å²) < 4.78 is 23.8. The van der Waals surface area contributed by atoms with Gasteiger partial charge in [0.15, 0.2) is 9.84 Å². The summed E-state index contributed by atoms with van der Waals surface area (Å²) in [5.74, 6) is 0.526. The Morgan fingerprint density at radius 1 is 1.30 bits per heavy atom. The van der Waals surface area contributed by atoms with Gasteiger partial charge in [-0.3, -0.25) is 0 Å². The molecule has 1 N–H and O–H groups in total. The largest absolute Gasteiger partial charge is 0.369 e. The van der Waals surface area contributed by atoms with E-state index in [2.05, 4.69) is 29.3 Å². The second-order valence-electron chi connectivity index (χ2n) is 5.51. The molecule has 2 rings (SSSR count). The quantitative estimate of drug-likeness (QED) is 0.900. The summed E-state index contributed by atoms with van der Waals surface area (Å²) in [4.78, 5) is 2.20. The van der Waals surface area contributed by atoms with Crippen LogP contribution in [0.5, 0.6) is 0 Å². The van der Waals surface area contributed by atoms with E-state index in [9.17, 15) is 8.42 Å². The molecule has 1 aliphatic rings. The van der Waals surface area contributed by atoms with E-state index in [1.54, 1.807) is 0 Å². The lowest BCUT2D eigenvalue weighted by atomic mass is 10.1. The molecule has 0 aromatic heterocycles. The maximum atomic E-state index is 11.9. The predicted molar refractivity (Wildman–Crippen MR) is 83.9 cm³/mol. The van der Waals surface area contributed by atoms with Crippen molar-refractivity contribution in [3.05, 3.63) is 29.8 Å². The minimum absolute atomic E-state index is 0.238. The molecule has 0 bridgehead atoms. The Morgan fingerprint density at radius 2 is 2.05 bits per heavy atom. The van der Waals surface area contributed by atoms with Gasteiger partial charge in [0.1, 0.15) is 0 Å². The maximum Gasteiger partial charge on any atom is 0.152 e. The van der Waals surface area contributed by atoms with E-state index in [0.29, 0.717) is 19.0 Å².